The van der Waals surface area contributed by atoms with Gasteiger partial charge in [0, 0.05) is 12.8 Å². The normalized spacial score (nSPS) is 14.6. The highest BCUT2D eigenvalue weighted by Gasteiger charge is 2.30. The van der Waals surface area contributed by atoms with E-state index in [9.17, 15) is 19.0 Å². The molecule has 418 valence electrons. The van der Waals surface area contributed by atoms with E-state index in [0.29, 0.717) is 23.9 Å². The summed E-state index contributed by atoms with van der Waals surface area (Å²) in [5.74, 6) is -0.622. The van der Waals surface area contributed by atoms with Crippen LogP contribution >= 0.6 is 7.82 Å². The summed E-state index contributed by atoms with van der Waals surface area (Å²) in [5, 5.41) is 2.99. The Kier molecular flexibility index (Phi) is 49.7. The molecule has 3 unspecified atom stereocenters. The maximum Gasteiger partial charge on any atom is 0.472 e. The van der Waals surface area contributed by atoms with E-state index in [1.807, 2.05) is 39.4 Å². The van der Waals surface area contributed by atoms with E-state index in [1.54, 1.807) is 0 Å². The van der Waals surface area contributed by atoms with Crippen LogP contribution in [0.1, 0.15) is 226 Å². The van der Waals surface area contributed by atoms with Gasteiger partial charge in [-0.1, -0.05) is 220 Å². The van der Waals surface area contributed by atoms with Crippen molar-refractivity contribution in [3.63, 3.8) is 0 Å². The molecule has 1 amide bonds. The number of likely N-dealkylation sites (N-methyl/N-ethyl adjacent to an activating group) is 1. The standard InChI is InChI=1S/C63H109N2O7P/c1-7-10-13-16-19-22-25-27-28-29-30-31-32-33-34-35-36-38-41-44-47-50-53-56-63(67)72-61(54-51-48-45-42-39-24-21-18-15-12-9-3)60(59-71-73(68,69)70-58-57-65(4,5)6)64-62(66)55-52-49-46-43-40-37-26-23-20-17-14-11-8-2/h10,13,19,22,27-28,30-31,33-34,36-38,40,46,49,51,54,60-61H,7-9,11-12,14-18,20-21,23-26,29,32,35,39,41-45,47-48,50,52-53,55-59H2,1-6H3,(H-,64,66,68,69)/p+1/b13-10-,22-19-,28-27-,31-30-,34-33-,38-36-,40-37-,49-46+,54-51-. The van der Waals surface area contributed by atoms with Crippen LogP contribution < -0.4 is 5.32 Å². The van der Waals surface area contributed by atoms with Crippen molar-refractivity contribution in [1.29, 1.82) is 0 Å². The van der Waals surface area contributed by atoms with Crippen molar-refractivity contribution in [3.05, 3.63) is 109 Å². The van der Waals surface area contributed by atoms with Crippen LogP contribution in [0.5, 0.6) is 0 Å². The number of rotatable bonds is 51. The quantitative estimate of drug-likeness (QED) is 0.0205. The first-order valence-electron chi connectivity index (χ1n) is 29.2. The van der Waals surface area contributed by atoms with E-state index in [1.165, 1.54) is 83.5 Å². The fourth-order valence-corrected chi connectivity index (χ4v) is 8.43. The summed E-state index contributed by atoms with van der Waals surface area (Å²) < 4.78 is 30.5. The predicted octanol–water partition coefficient (Wildman–Crippen LogP) is 17.8. The largest absolute Gasteiger partial charge is 0.472 e. The minimum atomic E-state index is -4.47. The number of ether oxygens (including phenoxy) is 1. The van der Waals surface area contributed by atoms with Gasteiger partial charge in [0.25, 0.3) is 0 Å². The summed E-state index contributed by atoms with van der Waals surface area (Å²) in [6, 6.07) is -0.895. The lowest BCUT2D eigenvalue weighted by Gasteiger charge is -2.27. The molecule has 0 fully saturated rings. The highest BCUT2D eigenvalue weighted by atomic mass is 31.2. The number of amides is 1. The van der Waals surface area contributed by atoms with Gasteiger partial charge in [0.1, 0.15) is 19.3 Å². The second kappa shape index (κ2) is 52.1. The first-order valence-corrected chi connectivity index (χ1v) is 30.7. The first-order chi connectivity index (χ1) is 35.4. The summed E-state index contributed by atoms with van der Waals surface area (Å²) in [6.07, 6.45) is 71.1. The second-order valence-electron chi connectivity index (χ2n) is 20.4. The number of hydrogen-bond donors (Lipinski definition) is 2. The Hall–Kier alpha value is -3.33. The van der Waals surface area contributed by atoms with Gasteiger partial charge in [-0.25, -0.2) is 4.57 Å². The van der Waals surface area contributed by atoms with Crippen LogP contribution in [-0.2, 0) is 27.9 Å². The molecule has 0 rings (SSSR count). The van der Waals surface area contributed by atoms with E-state index < -0.39 is 20.0 Å². The third-order valence-electron chi connectivity index (χ3n) is 12.2. The Labute approximate surface area is 449 Å². The molecule has 0 spiro atoms. The maximum atomic E-state index is 13.4. The maximum absolute atomic E-state index is 13.4. The van der Waals surface area contributed by atoms with Gasteiger partial charge in [0.05, 0.1) is 33.8 Å². The first kappa shape index (κ1) is 69.7. The van der Waals surface area contributed by atoms with Crippen LogP contribution in [0.25, 0.3) is 0 Å². The molecule has 0 saturated heterocycles. The summed E-state index contributed by atoms with van der Waals surface area (Å²) in [7, 11) is 1.43. The average Bonchev–Trinajstić information content (AvgIpc) is 3.35. The third kappa shape index (κ3) is 53.3. The minimum absolute atomic E-state index is 0.0212. The molecular formula is C63H110N2O7P+. The molecule has 0 aromatic rings. The molecule has 10 heteroatoms. The number of nitrogens with one attached hydrogen (secondary N) is 1. The number of carbonyl (C=O) groups excluding carboxylic acids is 2. The van der Waals surface area contributed by atoms with Gasteiger partial charge in [-0.3, -0.25) is 18.6 Å². The summed E-state index contributed by atoms with van der Waals surface area (Å²) >= 11 is 0. The molecule has 3 atom stereocenters. The monoisotopic (exact) mass is 1040 g/mol. The summed E-state index contributed by atoms with van der Waals surface area (Å²) in [4.78, 5) is 37.5. The lowest BCUT2D eigenvalue weighted by Crippen LogP contribution is -2.47. The zero-order valence-corrected chi connectivity index (χ0v) is 48.5. The SMILES string of the molecule is CC/C=C\C/C=C\C/C=C\C/C=C\C/C=C\C/C=C\CCCCCCC(=O)OC(/C=C\CCCCCCCCCCC)C(COP(=O)(O)OCC[N+](C)(C)C)NC(=O)CC/C=C/C/C=C\CCCCCCCC. The Morgan fingerprint density at radius 1 is 0.493 bits per heavy atom. The van der Waals surface area contributed by atoms with E-state index in [0.717, 1.165) is 96.3 Å². The highest BCUT2D eigenvalue weighted by Crippen LogP contribution is 2.43. The van der Waals surface area contributed by atoms with Crippen LogP contribution in [0, 0.1) is 0 Å². The van der Waals surface area contributed by atoms with E-state index >= 15 is 0 Å². The Morgan fingerprint density at radius 2 is 0.890 bits per heavy atom. The Balaban J connectivity index is 5.35. The van der Waals surface area contributed by atoms with E-state index in [4.69, 9.17) is 13.8 Å². The number of carbonyl (C=O) groups is 2. The van der Waals surface area contributed by atoms with Crippen molar-refractivity contribution in [2.24, 2.45) is 0 Å². The number of phosphoric acid groups is 1. The van der Waals surface area contributed by atoms with Crippen molar-refractivity contribution >= 4 is 19.7 Å². The average molecular weight is 1040 g/mol. The lowest BCUT2D eigenvalue weighted by molar-refractivity contribution is -0.870. The van der Waals surface area contributed by atoms with Crippen molar-refractivity contribution in [3.8, 4) is 0 Å². The van der Waals surface area contributed by atoms with Crippen molar-refractivity contribution < 1.29 is 37.3 Å². The molecule has 0 heterocycles. The topological polar surface area (TPSA) is 111 Å². The third-order valence-corrected chi connectivity index (χ3v) is 13.2. The molecule has 0 bridgehead atoms. The highest BCUT2D eigenvalue weighted by molar-refractivity contribution is 7.47. The number of nitrogens with zero attached hydrogens (tertiary/aromatic N) is 1. The van der Waals surface area contributed by atoms with Gasteiger partial charge >= 0.3 is 13.8 Å². The summed E-state index contributed by atoms with van der Waals surface area (Å²) in [6.45, 7) is 6.80. The molecular weight excluding hydrogens is 928 g/mol. The molecule has 0 aliphatic rings. The molecule has 0 aliphatic carbocycles. The number of allylic oxidation sites excluding steroid dienone is 17. The van der Waals surface area contributed by atoms with Gasteiger partial charge in [-0.05, 0) is 102 Å². The minimum Gasteiger partial charge on any atom is -0.456 e. The number of unbranched alkanes of at least 4 members (excludes halogenated alkanes) is 19. The van der Waals surface area contributed by atoms with E-state index in [2.05, 4.69) is 117 Å². The van der Waals surface area contributed by atoms with Crippen LogP contribution in [0.3, 0.4) is 0 Å². The lowest BCUT2D eigenvalue weighted by atomic mass is 10.1. The molecule has 0 saturated carbocycles. The number of hydrogen-bond acceptors (Lipinski definition) is 6. The number of phosphoric ester groups is 1. The van der Waals surface area contributed by atoms with Gasteiger partial charge in [0.15, 0.2) is 0 Å². The fourth-order valence-electron chi connectivity index (χ4n) is 7.70. The molecule has 0 radical (unpaired) electrons. The zero-order valence-electron chi connectivity index (χ0n) is 47.6. The smallest absolute Gasteiger partial charge is 0.456 e. The number of quaternary nitrogens is 1. The molecule has 0 aromatic heterocycles. The molecule has 0 aromatic carbocycles. The predicted molar refractivity (Wildman–Crippen MR) is 313 cm³/mol. The zero-order chi connectivity index (χ0) is 53.6. The van der Waals surface area contributed by atoms with Gasteiger partial charge < -0.3 is 19.4 Å². The van der Waals surface area contributed by atoms with E-state index in [-0.39, 0.29) is 37.9 Å². The van der Waals surface area contributed by atoms with Crippen molar-refractivity contribution in [2.75, 3.05) is 40.9 Å². The van der Waals surface area contributed by atoms with Crippen LogP contribution in [0.2, 0.25) is 0 Å². The van der Waals surface area contributed by atoms with Crippen LogP contribution in [0.4, 0.5) is 0 Å². The van der Waals surface area contributed by atoms with Gasteiger partial charge in [-0.15, -0.1) is 0 Å². The van der Waals surface area contributed by atoms with Gasteiger partial charge in [0.2, 0.25) is 5.91 Å². The van der Waals surface area contributed by atoms with Gasteiger partial charge in [-0.2, -0.15) is 0 Å². The van der Waals surface area contributed by atoms with Crippen molar-refractivity contribution in [2.45, 2.75) is 238 Å². The molecule has 9 nitrogen and oxygen atoms in total. The number of esters is 1. The Morgan fingerprint density at radius 3 is 1.34 bits per heavy atom. The molecule has 2 N–H and O–H groups in total. The van der Waals surface area contributed by atoms with Crippen molar-refractivity contribution in [1.82, 2.24) is 5.32 Å². The van der Waals surface area contributed by atoms with Crippen LogP contribution in [0.15, 0.2) is 109 Å². The molecule has 73 heavy (non-hydrogen) atoms. The fraction of sp³-hybridized carbons (Fsp3) is 0.683. The molecule has 0 aliphatic heterocycles. The second-order valence-corrected chi connectivity index (χ2v) is 21.9. The van der Waals surface area contributed by atoms with Crippen LogP contribution in [-0.4, -0.2) is 74.3 Å². The Bertz CT molecular complexity index is 1620. The summed E-state index contributed by atoms with van der Waals surface area (Å²) in [5.41, 5.74) is 0.